The van der Waals surface area contributed by atoms with Crippen molar-refractivity contribution in [2.24, 2.45) is 17.8 Å². The van der Waals surface area contributed by atoms with Gasteiger partial charge in [-0.05, 0) is 90.9 Å². The normalized spacial score (nSPS) is 21.6. The van der Waals surface area contributed by atoms with Crippen molar-refractivity contribution in [2.75, 3.05) is 19.6 Å². The minimum absolute atomic E-state index is 0.118. The molecule has 1 saturated heterocycles. The van der Waals surface area contributed by atoms with E-state index in [1.165, 1.54) is 30.7 Å². The molecule has 2 aliphatic rings. The van der Waals surface area contributed by atoms with Crippen LogP contribution < -0.4 is 5.32 Å². The summed E-state index contributed by atoms with van der Waals surface area (Å²) in [5.74, 6) is 1.12. The number of nitrogens with one attached hydrogen (secondary N) is 1. The lowest BCUT2D eigenvalue weighted by Gasteiger charge is -2.26. The summed E-state index contributed by atoms with van der Waals surface area (Å²) in [7, 11) is 0. The molecule has 0 radical (unpaired) electrons. The molecule has 3 nitrogen and oxygen atoms in total. The molecule has 2 fully saturated rings. The van der Waals surface area contributed by atoms with E-state index in [0.717, 1.165) is 62.0 Å². The summed E-state index contributed by atoms with van der Waals surface area (Å²) < 4.78 is 27.1. The number of hydrogen-bond acceptors (Lipinski definition) is 2. The molecule has 1 saturated carbocycles. The summed E-state index contributed by atoms with van der Waals surface area (Å²) in [6.07, 6.45) is 5.32. The molecule has 1 aliphatic carbocycles. The zero-order chi connectivity index (χ0) is 28.1. The van der Waals surface area contributed by atoms with E-state index in [4.69, 9.17) is 0 Å². The number of unbranched alkanes of at least 4 members (excludes halogenated alkanes) is 1. The maximum absolute atomic E-state index is 13.6. The van der Waals surface area contributed by atoms with Gasteiger partial charge in [0.15, 0.2) is 0 Å². The van der Waals surface area contributed by atoms with Crippen molar-refractivity contribution in [3.05, 3.63) is 107 Å². The molecule has 40 heavy (non-hydrogen) atoms. The highest BCUT2D eigenvalue weighted by Gasteiger charge is 2.43. The van der Waals surface area contributed by atoms with Crippen LogP contribution in [0.25, 0.3) is 0 Å². The highest BCUT2D eigenvalue weighted by molar-refractivity contribution is 5.84. The lowest BCUT2D eigenvalue weighted by Crippen LogP contribution is -2.43. The first kappa shape index (κ1) is 28.5. The van der Waals surface area contributed by atoms with Crippen LogP contribution in [0.2, 0.25) is 0 Å². The molecule has 4 atom stereocenters. The summed E-state index contributed by atoms with van der Waals surface area (Å²) in [6, 6.07) is 23.8. The van der Waals surface area contributed by atoms with Gasteiger partial charge in [0.25, 0.3) is 0 Å². The van der Waals surface area contributed by atoms with Gasteiger partial charge in [0.05, 0.1) is 5.92 Å². The standard InChI is InChI=1S/C35H42F2N2O/c1-24(2)34(27-8-4-3-5-9-27)35(40)38-33-20-15-28-22-39(23-32(28)33)21-7-6-10-31(25-11-16-29(36)17-12-25)26-13-18-30(37)19-14-26/h3-5,8-9,11-14,16-19,24,28,31-34H,6-7,10,15,20-23H2,1-2H3,(H,38,40)/t28?,32-,33?,34?/m0/s1. The Bertz CT molecular complexity index is 1180. The van der Waals surface area contributed by atoms with Crippen LogP contribution in [-0.4, -0.2) is 36.5 Å². The number of rotatable bonds is 11. The summed E-state index contributed by atoms with van der Waals surface area (Å²) in [4.78, 5) is 16.0. The third-order valence-corrected chi connectivity index (χ3v) is 9.13. The van der Waals surface area contributed by atoms with Gasteiger partial charge in [-0.25, -0.2) is 8.78 Å². The number of benzene rings is 3. The highest BCUT2D eigenvalue weighted by Crippen LogP contribution is 2.39. The fourth-order valence-electron chi connectivity index (χ4n) is 7.09. The van der Waals surface area contributed by atoms with Gasteiger partial charge in [-0.3, -0.25) is 4.79 Å². The van der Waals surface area contributed by atoms with Gasteiger partial charge < -0.3 is 10.2 Å². The van der Waals surface area contributed by atoms with Crippen LogP contribution in [0, 0.1) is 29.4 Å². The Morgan fingerprint density at radius 3 is 2.05 bits per heavy atom. The Morgan fingerprint density at radius 2 is 1.45 bits per heavy atom. The van der Waals surface area contributed by atoms with Crippen LogP contribution in [0.3, 0.4) is 0 Å². The second-order valence-electron chi connectivity index (χ2n) is 12.2. The van der Waals surface area contributed by atoms with Crippen molar-refractivity contribution >= 4 is 5.91 Å². The van der Waals surface area contributed by atoms with Gasteiger partial charge >= 0.3 is 0 Å². The van der Waals surface area contributed by atoms with E-state index in [1.807, 2.05) is 42.5 Å². The molecule has 0 aromatic heterocycles. The molecule has 1 aliphatic heterocycles. The fourth-order valence-corrected chi connectivity index (χ4v) is 7.09. The number of likely N-dealkylation sites (tertiary alicyclic amines) is 1. The Balaban J connectivity index is 1.13. The molecule has 3 unspecified atom stereocenters. The van der Waals surface area contributed by atoms with Crippen molar-refractivity contribution in [2.45, 2.75) is 63.8 Å². The summed E-state index contributed by atoms with van der Waals surface area (Å²) in [6.45, 7) is 7.46. The zero-order valence-electron chi connectivity index (χ0n) is 23.7. The lowest BCUT2D eigenvalue weighted by molar-refractivity contribution is -0.124. The molecule has 3 aromatic rings. The molecule has 1 amide bonds. The Kier molecular flexibility index (Phi) is 9.31. The van der Waals surface area contributed by atoms with Crippen molar-refractivity contribution < 1.29 is 13.6 Å². The van der Waals surface area contributed by atoms with Gasteiger partial charge in [0, 0.05) is 25.0 Å². The van der Waals surface area contributed by atoms with Crippen LogP contribution in [0.1, 0.15) is 74.5 Å². The molecule has 212 valence electrons. The molecular formula is C35H42F2N2O. The second-order valence-corrected chi connectivity index (χ2v) is 12.2. The van der Waals surface area contributed by atoms with E-state index >= 15 is 0 Å². The molecule has 3 aromatic carbocycles. The minimum atomic E-state index is -0.240. The predicted molar refractivity (Wildman–Crippen MR) is 157 cm³/mol. The molecule has 0 bridgehead atoms. The van der Waals surface area contributed by atoms with Gasteiger partial charge in [0.2, 0.25) is 5.91 Å². The maximum Gasteiger partial charge on any atom is 0.228 e. The second kappa shape index (κ2) is 13.1. The number of halogens is 2. The van der Waals surface area contributed by atoms with Gasteiger partial charge in [0.1, 0.15) is 11.6 Å². The molecule has 1 heterocycles. The van der Waals surface area contributed by atoms with Crippen molar-refractivity contribution in [1.29, 1.82) is 0 Å². The first-order chi connectivity index (χ1) is 19.4. The van der Waals surface area contributed by atoms with Gasteiger partial charge in [-0.2, -0.15) is 0 Å². The molecular weight excluding hydrogens is 502 g/mol. The van der Waals surface area contributed by atoms with Crippen molar-refractivity contribution in [1.82, 2.24) is 10.2 Å². The first-order valence-electron chi connectivity index (χ1n) is 15.0. The Labute approximate surface area is 238 Å². The summed E-state index contributed by atoms with van der Waals surface area (Å²) in [5.41, 5.74) is 3.23. The quantitative estimate of drug-likeness (QED) is 0.253. The fraction of sp³-hybridized carbons (Fsp3) is 0.457. The summed E-state index contributed by atoms with van der Waals surface area (Å²) >= 11 is 0. The smallest absolute Gasteiger partial charge is 0.228 e. The third kappa shape index (κ3) is 6.80. The van der Waals surface area contributed by atoms with Crippen molar-refractivity contribution in [3.8, 4) is 0 Å². The Hall–Kier alpha value is -3.05. The van der Waals surface area contributed by atoms with E-state index < -0.39 is 0 Å². The Morgan fingerprint density at radius 1 is 0.825 bits per heavy atom. The number of carbonyl (C=O) groups is 1. The van der Waals surface area contributed by atoms with Gasteiger partial charge in [-0.15, -0.1) is 0 Å². The number of fused-ring (bicyclic) bond motifs is 1. The van der Waals surface area contributed by atoms with E-state index in [-0.39, 0.29) is 41.3 Å². The third-order valence-electron chi connectivity index (χ3n) is 9.13. The van der Waals surface area contributed by atoms with E-state index in [0.29, 0.717) is 11.8 Å². The van der Waals surface area contributed by atoms with Crippen molar-refractivity contribution in [3.63, 3.8) is 0 Å². The average molecular weight is 545 g/mol. The number of hydrogen-bond donors (Lipinski definition) is 1. The van der Waals surface area contributed by atoms with Crippen LogP contribution in [0.5, 0.6) is 0 Å². The van der Waals surface area contributed by atoms with Gasteiger partial charge in [-0.1, -0.05) is 74.9 Å². The monoisotopic (exact) mass is 544 g/mol. The lowest BCUT2D eigenvalue weighted by atomic mass is 9.87. The van der Waals surface area contributed by atoms with Crippen LogP contribution in [-0.2, 0) is 4.79 Å². The SMILES string of the molecule is CC(C)C(C(=O)NC1CCC2CN(CCCCC(c3ccc(F)cc3)c3ccc(F)cc3)C[C@@H]21)c1ccccc1. The summed E-state index contributed by atoms with van der Waals surface area (Å²) in [5, 5.41) is 3.46. The highest BCUT2D eigenvalue weighted by atomic mass is 19.1. The topological polar surface area (TPSA) is 32.3 Å². The van der Waals surface area contributed by atoms with E-state index in [2.05, 4.69) is 36.2 Å². The average Bonchev–Trinajstić information content (AvgIpc) is 3.52. The van der Waals surface area contributed by atoms with Crippen LogP contribution in [0.15, 0.2) is 78.9 Å². The van der Waals surface area contributed by atoms with Crippen LogP contribution in [0.4, 0.5) is 8.78 Å². The van der Waals surface area contributed by atoms with E-state index in [1.54, 1.807) is 0 Å². The number of amides is 1. The van der Waals surface area contributed by atoms with E-state index in [9.17, 15) is 13.6 Å². The maximum atomic E-state index is 13.6. The number of nitrogens with zero attached hydrogens (tertiary/aromatic N) is 1. The van der Waals surface area contributed by atoms with Crippen LogP contribution >= 0.6 is 0 Å². The molecule has 5 rings (SSSR count). The molecule has 5 heteroatoms. The first-order valence-corrected chi connectivity index (χ1v) is 15.0. The predicted octanol–water partition coefficient (Wildman–Crippen LogP) is 7.53. The minimum Gasteiger partial charge on any atom is -0.352 e. The number of carbonyl (C=O) groups excluding carboxylic acids is 1. The molecule has 1 N–H and O–H groups in total. The zero-order valence-corrected chi connectivity index (χ0v) is 23.7. The largest absolute Gasteiger partial charge is 0.352 e. The molecule has 0 spiro atoms.